The molecule has 4 aromatic rings. The fraction of sp³-hybridized carbons (Fsp3) is 0.212. The second-order valence-electron chi connectivity index (χ2n) is 9.57. The number of rotatable bonds is 8. The Morgan fingerprint density at radius 2 is 1.50 bits per heavy atom. The molecule has 5 rings (SSSR count). The summed E-state index contributed by atoms with van der Waals surface area (Å²) in [5, 5.41) is 9.62. The standard InChI is InChI=1S/C33H32N2O3/c1-3-38-32(37)33(29-12-8-5-9-13-29)30(27-18-14-24(2)15-19-27)35(22-25-10-6-4-7-11-25)31(34-33)28-20-16-26(23-36)17-21-28/h4-21,30,36H,3,22-23H2,1-2H3/t30-,33-/m1/s1. The van der Waals surface area contributed by atoms with Gasteiger partial charge in [0.1, 0.15) is 5.84 Å². The van der Waals surface area contributed by atoms with Gasteiger partial charge in [-0.25, -0.2) is 9.79 Å². The number of nitrogens with zero attached hydrogens (tertiary/aromatic N) is 2. The predicted octanol–water partition coefficient (Wildman–Crippen LogP) is 5.95. The molecule has 0 radical (unpaired) electrons. The van der Waals surface area contributed by atoms with Gasteiger partial charge in [0.15, 0.2) is 0 Å². The summed E-state index contributed by atoms with van der Waals surface area (Å²) in [6.07, 6.45) is 0. The van der Waals surface area contributed by atoms with Gasteiger partial charge in [0.05, 0.1) is 19.3 Å². The first kappa shape index (κ1) is 25.4. The quantitative estimate of drug-likeness (QED) is 0.301. The summed E-state index contributed by atoms with van der Waals surface area (Å²) >= 11 is 0. The van der Waals surface area contributed by atoms with Crippen LogP contribution in [-0.4, -0.2) is 28.4 Å². The molecule has 0 saturated carbocycles. The Bertz CT molecular complexity index is 1400. The number of carbonyl (C=O) groups excluding carboxylic acids is 1. The van der Waals surface area contributed by atoms with Crippen molar-refractivity contribution in [1.29, 1.82) is 0 Å². The summed E-state index contributed by atoms with van der Waals surface area (Å²) in [5.41, 5.74) is 4.39. The molecule has 0 unspecified atom stereocenters. The number of aryl methyl sites for hydroxylation is 1. The molecule has 1 aliphatic rings. The topological polar surface area (TPSA) is 62.1 Å². The van der Waals surface area contributed by atoms with E-state index < -0.39 is 11.6 Å². The van der Waals surface area contributed by atoms with Crippen molar-refractivity contribution in [2.24, 2.45) is 4.99 Å². The van der Waals surface area contributed by atoms with Crippen LogP contribution in [0.25, 0.3) is 0 Å². The number of hydrogen-bond donors (Lipinski definition) is 1. The first-order valence-electron chi connectivity index (χ1n) is 13.0. The van der Waals surface area contributed by atoms with Crippen molar-refractivity contribution in [3.63, 3.8) is 0 Å². The van der Waals surface area contributed by atoms with Crippen LogP contribution < -0.4 is 0 Å². The van der Waals surface area contributed by atoms with Crippen LogP contribution in [0.1, 0.15) is 46.3 Å². The third kappa shape index (κ3) is 4.73. The molecule has 5 nitrogen and oxygen atoms in total. The van der Waals surface area contributed by atoms with Crippen molar-refractivity contribution in [3.8, 4) is 0 Å². The molecule has 0 bridgehead atoms. The molecule has 1 aliphatic heterocycles. The number of esters is 1. The summed E-state index contributed by atoms with van der Waals surface area (Å²) in [7, 11) is 0. The van der Waals surface area contributed by atoms with Gasteiger partial charge in [0.25, 0.3) is 0 Å². The smallest absolute Gasteiger partial charge is 0.341 e. The molecule has 192 valence electrons. The van der Waals surface area contributed by atoms with E-state index >= 15 is 0 Å². The minimum atomic E-state index is -1.31. The van der Waals surface area contributed by atoms with Gasteiger partial charge in [0.2, 0.25) is 5.54 Å². The molecular formula is C33H32N2O3. The van der Waals surface area contributed by atoms with Crippen molar-refractivity contribution < 1.29 is 14.6 Å². The van der Waals surface area contributed by atoms with Crippen LogP contribution in [-0.2, 0) is 28.2 Å². The zero-order chi connectivity index (χ0) is 26.5. The lowest BCUT2D eigenvalue weighted by atomic mass is 9.79. The van der Waals surface area contributed by atoms with Gasteiger partial charge < -0.3 is 14.7 Å². The average Bonchev–Trinajstić information content (AvgIpc) is 3.30. The zero-order valence-corrected chi connectivity index (χ0v) is 21.7. The van der Waals surface area contributed by atoms with Crippen molar-refractivity contribution >= 4 is 11.8 Å². The number of benzene rings is 4. The SMILES string of the molecule is CCOC(=O)[C@]1(c2ccccc2)N=C(c2ccc(CO)cc2)N(Cc2ccccc2)[C@@H]1c1ccc(C)cc1. The molecule has 1 N–H and O–H groups in total. The van der Waals surface area contributed by atoms with E-state index in [9.17, 15) is 9.90 Å². The fourth-order valence-corrected chi connectivity index (χ4v) is 5.18. The van der Waals surface area contributed by atoms with E-state index in [4.69, 9.17) is 9.73 Å². The van der Waals surface area contributed by atoms with E-state index in [0.717, 1.165) is 33.4 Å². The Balaban J connectivity index is 1.79. The van der Waals surface area contributed by atoms with Crippen LogP contribution in [0.2, 0.25) is 0 Å². The molecule has 38 heavy (non-hydrogen) atoms. The number of ether oxygens (including phenoxy) is 1. The maximum absolute atomic E-state index is 14.1. The molecule has 1 heterocycles. The number of aliphatic imine (C=N–C) groups is 1. The lowest BCUT2D eigenvalue weighted by Gasteiger charge is -2.37. The van der Waals surface area contributed by atoms with Crippen LogP contribution in [0.5, 0.6) is 0 Å². The number of aliphatic hydroxyl groups excluding tert-OH is 1. The van der Waals surface area contributed by atoms with Gasteiger partial charge in [-0.1, -0.05) is 115 Å². The Kier molecular flexibility index (Phi) is 7.38. The summed E-state index contributed by atoms with van der Waals surface area (Å²) in [6, 6.07) is 35.5. The lowest BCUT2D eigenvalue weighted by Crippen LogP contribution is -2.44. The Hall–Kier alpha value is -4.22. The Morgan fingerprint density at radius 1 is 0.868 bits per heavy atom. The van der Waals surface area contributed by atoms with Crippen LogP contribution in [0.3, 0.4) is 0 Å². The van der Waals surface area contributed by atoms with Gasteiger partial charge in [-0.15, -0.1) is 0 Å². The molecule has 5 heteroatoms. The van der Waals surface area contributed by atoms with Crippen LogP contribution in [0.4, 0.5) is 0 Å². The molecule has 0 saturated heterocycles. The minimum absolute atomic E-state index is 0.0384. The maximum atomic E-state index is 14.1. The molecule has 0 spiro atoms. The monoisotopic (exact) mass is 504 g/mol. The fourth-order valence-electron chi connectivity index (χ4n) is 5.18. The third-order valence-corrected chi connectivity index (χ3v) is 7.05. The highest BCUT2D eigenvalue weighted by molar-refractivity contribution is 6.04. The molecule has 2 atom stereocenters. The lowest BCUT2D eigenvalue weighted by molar-refractivity contribution is -0.151. The summed E-state index contributed by atoms with van der Waals surface area (Å²) < 4.78 is 5.77. The normalized spacial score (nSPS) is 18.8. The highest BCUT2D eigenvalue weighted by Gasteiger charge is 2.57. The second-order valence-corrected chi connectivity index (χ2v) is 9.57. The van der Waals surface area contributed by atoms with Crippen molar-refractivity contribution in [1.82, 2.24) is 4.90 Å². The maximum Gasteiger partial charge on any atom is 0.341 e. The van der Waals surface area contributed by atoms with E-state index in [1.807, 2.05) is 79.7 Å². The van der Waals surface area contributed by atoms with Gasteiger partial charge >= 0.3 is 5.97 Å². The van der Waals surface area contributed by atoms with E-state index in [2.05, 4.69) is 48.2 Å². The van der Waals surface area contributed by atoms with E-state index in [0.29, 0.717) is 12.4 Å². The average molecular weight is 505 g/mol. The summed E-state index contributed by atoms with van der Waals surface area (Å²) in [4.78, 5) is 21.6. The number of hydrogen-bond acceptors (Lipinski definition) is 5. The van der Waals surface area contributed by atoms with E-state index in [-0.39, 0.29) is 19.2 Å². The van der Waals surface area contributed by atoms with E-state index in [1.54, 1.807) is 0 Å². The molecule has 0 fully saturated rings. The number of aliphatic hydroxyl groups is 1. The minimum Gasteiger partial charge on any atom is -0.464 e. The first-order valence-corrected chi connectivity index (χ1v) is 13.0. The third-order valence-electron chi connectivity index (χ3n) is 7.05. The van der Waals surface area contributed by atoms with Gasteiger partial charge in [0, 0.05) is 12.1 Å². The van der Waals surface area contributed by atoms with Crippen molar-refractivity contribution in [2.75, 3.05) is 6.61 Å². The first-order chi connectivity index (χ1) is 18.6. The van der Waals surface area contributed by atoms with Crippen LogP contribution in [0, 0.1) is 6.92 Å². The highest BCUT2D eigenvalue weighted by atomic mass is 16.5. The molecule has 0 aromatic heterocycles. The number of amidine groups is 1. The Labute approximate surface area is 224 Å². The molecule has 0 aliphatic carbocycles. The Morgan fingerprint density at radius 3 is 2.11 bits per heavy atom. The second kappa shape index (κ2) is 11.0. The van der Waals surface area contributed by atoms with Gasteiger partial charge in [-0.2, -0.15) is 0 Å². The van der Waals surface area contributed by atoms with Gasteiger partial charge in [-0.05, 0) is 36.1 Å². The number of carbonyl (C=O) groups is 1. The van der Waals surface area contributed by atoms with Crippen LogP contribution in [0.15, 0.2) is 114 Å². The zero-order valence-electron chi connectivity index (χ0n) is 21.7. The van der Waals surface area contributed by atoms with Crippen molar-refractivity contribution in [2.45, 2.75) is 38.6 Å². The molecule has 4 aromatic carbocycles. The molecule has 0 amide bonds. The predicted molar refractivity (Wildman–Crippen MR) is 150 cm³/mol. The largest absolute Gasteiger partial charge is 0.464 e. The van der Waals surface area contributed by atoms with Crippen LogP contribution >= 0.6 is 0 Å². The molecular weight excluding hydrogens is 472 g/mol. The highest BCUT2D eigenvalue weighted by Crippen LogP contribution is 2.50. The summed E-state index contributed by atoms with van der Waals surface area (Å²) in [5.74, 6) is 0.331. The van der Waals surface area contributed by atoms with Crippen molar-refractivity contribution in [3.05, 3.63) is 143 Å². The van der Waals surface area contributed by atoms with Gasteiger partial charge in [-0.3, -0.25) is 0 Å². The van der Waals surface area contributed by atoms with E-state index in [1.165, 1.54) is 0 Å². The summed E-state index contributed by atoms with van der Waals surface area (Å²) in [6.45, 7) is 4.65.